The Morgan fingerprint density at radius 3 is 3.05 bits per heavy atom. The number of nitrogens with zero attached hydrogens (tertiary/aromatic N) is 2. The van der Waals surface area contributed by atoms with Crippen LogP contribution in [0.1, 0.15) is 30.1 Å². The zero-order valence-corrected chi connectivity index (χ0v) is 11.0. The van der Waals surface area contributed by atoms with Crippen LogP contribution in [0.4, 0.5) is 11.5 Å². The van der Waals surface area contributed by atoms with E-state index in [9.17, 15) is 14.9 Å². The standard InChI is InChI=1S/C12H16N4O4/c1-7-4-8(2-3-20-7)15-12(17)10-5-9(16(18)19)6-14-11(10)13/h5-8H,2-4H2,1H3,(H2,13,14)(H,15,17). The van der Waals surface area contributed by atoms with Gasteiger partial charge in [-0.15, -0.1) is 0 Å². The van der Waals surface area contributed by atoms with E-state index in [1.54, 1.807) is 0 Å². The summed E-state index contributed by atoms with van der Waals surface area (Å²) < 4.78 is 5.39. The number of ether oxygens (including phenoxy) is 1. The topological polar surface area (TPSA) is 120 Å². The molecule has 0 aliphatic carbocycles. The highest BCUT2D eigenvalue weighted by molar-refractivity contribution is 5.99. The van der Waals surface area contributed by atoms with Crippen LogP contribution in [0.3, 0.4) is 0 Å². The van der Waals surface area contributed by atoms with Crippen LogP contribution in [0.15, 0.2) is 12.3 Å². The molecule has 2 atom stereocenters. The molecule has 1 fully saturated rings. The first kappa shape index (κ1) is 14.2. The fourth-order valence-electron chi connectivity index (χ4n) is 2.14. The average molecular weight is 280 g/mol. The maximum Gasteiger partial charge on any atom is 0.288 e. The van der Waals surface area contributed by atoms with Crippen molar-refractivity contribution in [3.8, 4) is 0 Å². The van der Waals surface area contributed by atoms with Gasteiger partial charge in [-0.3, -0.25) is 14.9 Å². The molecule has 1 aliphatic heterocycles. The van der Waals surface area contributed by atoms with Crippen molar-refractivity contribution in [3.63, 3.8) is 0 Å². The maximum atomic E-state index is 12.1. The second-order valence-electron chi connectivity index (χ2n) is 4.76. The SMILES string of the molecule is CC1CC(NC(=O)c2cc([N+](=O)[O-])cnc2N)CCO1. The van der Waals surface area contributed by atoms with Crippen LogP contribution in [0.5, 0.6) is 0 Å². The number of carbonyl (C=O) groups is 1. The molecule has 0 radical (unpaired) electrons. The molecule has 1 saturated heterocycles. The normalized spacial score (nSPS) is 22.2. The van der Waals surface area contributed by atoms with E-state index in [0.29, 0.717) is 19.4 Å². The summed E-state index contributed by atoms with van der Waals surface area (Å²) in [7, 11) is 0. The van der Waals surface area contributed by atoms with Gasteiger partial charge >= 0.3 is 0 Å². The van der Waals surface area contributed by atoms with Gasteiger partial charge in [-0.1, -0.05) is 0 Å². The maximum absolute atomic E-state index is 12.1. The van der Waals surface area contributed by atoms with E-state index in [4.69, 9.17) is 10.5 Å². The van der Waals surface area contributed by atoms with Crippen LogP contribution in [-0.4, -0.2) is 34.6 Å². The number of rotatable bonds is 3. The van der Waals surface area contributed by atoms with E-state index in [-0.39, 0.29) is 29.2 Å². The summed E-state index contributed by atoms with van der Waals surface area (Å²) >= 11 is 0. The van der Waals surface area contributed by atoms with Crippen LogP contribution in [-0.2, 0) is 4.74 Å². The molecule has 2 unspecified atom stereocenters. The Kier molecular flexibility index (Phi) is 4.14. The van der Waals surface area contributed by atoms with Gasteiger partial charge in [0.25, 0.3) is 11.6 Å². The number of amides is 1. The zero-order chi connectivity index (χ0) is 14.7. The van der Waals surface area contributed by atoms with Crippen molar-refractivity contribution in [2.45, 2.75) is 31.9 Å². The fraction of sp³-hybridized carbons (Fsp3) is 0.500. The van der Waals surface area contributed by atoms with Crippen molar-refractivity contribution in [1.29, 1.82) is 0 Å². The van der Waals surface area contributed by atoms with Crippen LogP contribution < -0.4 is 11.1 Å². The lowest BCUT2D eigenvalue weighted by Crippen LogP contribution is -2.41. The van der Waals surface area contributed by atoms with E-state index in [2.05, 4.69) is 10.3 Å². The summed E-state index contributed by atoms with van der Waals surface area (Å²) in [5.74, 6) is -0.467. The van der Waals surface area contributed by atoms with Crippen LogP contribution in [0.2, 0.25) is 0 Å². The molecule has 1 aliphatic rings. The number of aromatic nitrogens is 1. The van der Waals surface area contributed by atoms with Gasteiger partial charge in [0.05, 0.1) is 16.6 Å². The molecule has 0 aromatic carbocycles. The molecule has 0 spiro atoms. The Hall–Kier alpha value is -2.22. The molecule has 3 N–H and O–H groups in total. The highest BCUT2D eigenvalue weighted by Gasteiger charge is 2.23. The molecule has 1 amide bonds. The second-order valence-corrected chi connectivity index (χ2v) is 4.76. The van der Waals surface area contributed by atoms with E-state index >= 15 is 0 Å². The number of carbonyl (C=O) groups excluding carboxylic acids is 1. The second kappa shape index (κ2) is 5.83. The van der Waals surface area contributed by atoms with Gasteiger partial charge in [-0.2, -0.15) is 0 Å². The van der Waals surface area contributed by atoms with Crippen LogP contribution in [0, 0.1) is 10.1 Å². The lowest BCUT2D eigenvalue weighted by Gasteiger charge is -2.27. The van der Waals surface area contributed by atoms with Crippen molar-refractivity contribution in [2.75, 3.05) is 12.3 Å². The minimum Gasteiger partial charge on any atom is -0.383 e. The average Bonchev–Trinajstić information content (AvgIpc) is 2.38. The molecule has 2 heterocycles. The van der Waals surface area contributed by atoms with E-state index in [1.165, 1.54) is 0 Å². The third kappa shape index (κ3) is 3.21. The first-order chi connectivity index (χ1) is 9.47. The monoisotopic (exact) mass is 280 g/mol. The number of hydrogen-bond acceptors (Lipinski definition) is 6. The first-order valence-corrected chi connectivity index (χ1v) is 6.29. The summed E-state index contributed by atoms with van der Waals surface area (Å²) in [6.07, 6.45) is 2.52. The number of nitrogen functional groups attached to an aromatic ring is 1. The van der Waals surface area contributed by atoms with Gasteiger partial charge in [0, 0.05) is 18.7 Å². The highest BCUT2D eigenvalue weighted by Crippen LogP contribution is 2.18. The van der Waals surface area contributed by atoms with Crippen LogP contribution >= 0.6 is 0 Å². The highest BCUT2D eigenvalue weighted by atomic mass is 16.6. The lowest BCUT2D eigenvalue weighted by molar-refractivity contribution is -0.385. The van der Waals surface area contributed by atoms with E-state index in [1.807, 2.05) is 6.92 Å². The summed E-state index contributed by atoms with van der Waals surface area (Å²) in [6.45, 7) is 2.51. The molecule has 2 rings (SSSR count). The molecule has 8 heteroatoms. The Labute approximate surface area is 115 Å². The minimum atomic E-state index is -0.611. The number of nitrogens with one attached hydrogen (secondary N) is 1. The Morgan fingerprint density at radius 2 is 2.40 bits per heavy atom. The summed E-state index contributed by atoms with van der Waals surface area (Å²) in [5, 5.41) is 13.5. The number of nitro groups is 1. The minimum absolute atomic E-state index is 0.0202. The van der Waals surface area contributed by atoms with Gasteiger partial charge in [-0.25, -0.2) is 4.98 Å². The quantitative estimate of drug-likeness (QED) is 0.626. The molecule has 0 saturated carbocycles. The molecule has 0 bridgehead atoms. The molecular formula is C12H16N4O4. The predicted molar refractivity (Wildman–Crippen MR) is 71.2 cm³/mol. The number of nitrogens with two attached hydrogens (primary N) is 1. The third-order valence-electron chi connectivity index (χ3n) is 3.18. The Morgan fingerprint density at radius 1 is 1.65 bits per heavy atom. The summed E-state index contributed by atoms with van der Waals surface area (Å²) in [4.78, 5) is 25.9. The number of hydrogen-bond donors (Lipinski definition) is 2. The molecule has 20 heavy (non-hydrogen) atoms. The Bertz CT molecular complexity index is 534. The lowest BCUT2D eigenvalue weighted by atomic mass is 10.0. The fourth-order valence-corrected chi connectivity index (χ4v) is 2.14. The molecule has 1 aromatic heterocycles. The van der Waals surface area contributed by atoms with Gasteiger partial charge in [-0.05, 0) is 19.8 Å². The van der Waals surface area contributed by atoms with Crippen molar-refractivity contribution in [3.05, 3.63) is 27.9 Å². The summed E-state index contributed by atoms with van der Waals surface area (Å²) in [6, 6.07) is 1.12. The van der Waals surface area contributed by atoms with E-state index in [0.717, 1.165) is 12.3 Å². The zero-order valence-electron chi connectivity index (χ0n) is 11.0. The Balaban J connectivity index is 2.12. The largest absolute Gasteiger partial charge is 0.383 e. The summed E-state index contributed by atoms with van der Waals surface area (Å²) in [5.41, 5.74) is 5.37. The third-order valence-corrected chi connectivity index (χ3v) is 3.18. The van der Waals surface area contributed by atoms with E-state index < -0.39 is 10.8 Å². The van der Waals surface area contributed by atoms with Crippen molar-refractivity contribution in [1.82, 2.24) is 10.3 Å². The van der Waals surface area contributed by atoms with Gasteiger partial charge < -0.3 is 15.8 Å². The van der Waals surface area contributed by atoms with Gasteiger partial charge in [0.15, 0.2) is 0 Å². The number of anilines is 1. The first-order valence-electron chi connectivity index (χ1n) is 6.29. The molecular weight excluding hydrogens is 264 g/mol. The van der Waals surface area contributed by atoms with Crippen molar-refractivity contribution >= 4 is 17.4 Å². The molecule has 108 valence electrons. The predicted octanol–water partition coefficient (Wildman–Crippen LogP) is 0.869. The van der Waals surface area contributed by atoms with Crippen molar-refractivity contribution < 1.29 is 14.5 Å². The van der Waals surface area contributed by atoms with Crippen LogP contribution in [0.25, 0.3) is 0 Å². The smallest absolute Gasteiger partial charge is 0.288 e. The molecule has 1 aromatic rings. The van der Waals surface area contributed by atoms with Gasteiger partial charge in [0.1, 0.15) is 12.0 Å². The van der Waals surface area contributed by atoms with Gasteiger partial charge in [0.2, 0.25) is 0 Å². The number of pyridine rings is 1. The van der Waals surface area contributed by atoms with Crippen molar-refractivity contribution in [2.24, 2.45) is 0 Å². The molecule has 8 nitrogen and oxygen atoms in total.